The predicted molar refractivity (Wildman–Crippen MR) is 66.5 cm³/mol. The summed E-state index contributed by atoms with van der Waals surface area (Å²) in [7, 11) is 0. The Morgan fingerprint density at radius 1 is 1.53 bits per heavy atom. The van der Waals surface area contributed by atoms with Crippen LogP contribution < -0.4 is 11.1 Å². The summed E-state index contributed by atoms with van der Waals surface area (Å²) in [5.74, 6) is 3.02. The molecule has 3 N–H and O–H groups in total. The van der Waals surface area contributed by atoms with E-state index in [4.69, 9.17) is 5.73 Å². The number of rotatable bonds is 4. The van der Waals surface area contributed by atoms with Crippen LogP contribution in [-0.2, 0) is 19.5 Å². The molecule has 17 heavy (non-hydrogen) atoms. The molecule has 0 amide bonds. The number of nitrogens with one attached hydrogen (secondary N) is 1. The second-order valence-corrected chi connectivity index (χ2v) is 4.76. The lowest BCUT2D eigenvalue weighted by Gasteiger charge is -2.07. The van der Waals surface area contributed by atoms with E-state index < -0.39 is 0 Å². The first kappa shape index (κ1) is 11.9. The Balaban J connectivity index is 1.90. The van der Waals surface area contributed by atoms with Crippen LogP contribution in [-0.4, -0.2) is 27.3 Å². The van der Waals surface area contributed by atoms with Gasteiger partial charge >= 0.3 is 0 Å². The number of hydrogen-bond donors (Lipinski definition) is 2. The summed E-state index contributed by atoms with van der Waals surface area (Å²) >= 11 is 0. The second kappa shape index (κ2) is 5.16. The van der Waals surface area contributed by atoms with E-state index in [1.807, 2.05) is 0 Å². The lowest BCUT2D eigenvalue weighted by atomic mass is 10.2. The molecule has 0 aliphatic carbocycles. The topological polar surface area (TPSA) is 81.1 Å². The molecule has 0 unspecified atom stereocenters. The average molecular weight is 236 g/mol. The van der Waals surface area contributed by atoms with Crippen LogP contribution in [0.25, 0.3) is 0 Å². The number of fused-ring (bicyclic) bond motifs is 1. The maximum atomic E-state index is 5.77. The fourth-order valence-electron chi connectivity index (χ4n) is 1.85. The molecule has 0 aromatic carbocycles. The normalized spacial score (nSPS) is 15.4. The smallest absolute Gasteiger partial charge is 0.189 e. The van der Waals surface area contributed by atoms with Gasteiger partial charge in [-0.15, -0.1) is 10.2 Å². The van der Waals surface area contributed by atoms with Crippen molar-refractivity contribution in [2.24, 2.45) is 16.6 Å². The van der Waals surface area contributed by atoms with Crippen molar-refractivity contribution in [1.29, 1.82) is 0 Å². The second-order valence-electron chi connectivity index (χ2n) is 4.76. The van der Waals surface area contributed by atoms with Crippen LogP contribution >= 0.6 is 0 Å². The largest absolute Gasteiger partial charge is 0.370 e. The molecule has 2 rings (SSSR count). The third-order valence-electron chi connectivity index (χ3n) is 2.77. The number of nitrogens with two attached hydrogens (primary N) is 1. The zero-order valence-electron chi connectivity index (χ0n) is 10.5. The Kier molecular flexibility index (Phi) is 3.61. The monoisotopic (exact) mass is 236 g/mol. The van der Waals surface area contributed by atoms with Crippen LogP contribution in [0, 0.1) is 5.92 Å². The van der Waals surface area contributed by atoms with Crippen LogP contribution in [0.1, 0.15) is 31.9 Å². The molecular weight excluding hydrogens is 216 g/mol. The van der Waals surface area contributed by atoms with Gasteiger partial charge in [-0.3, -0.25) is 0 Å². The van der Waals surface area contributed by atoms with Gasteiger partial charge in [0, 0.05) is 19.5 Å². The Morgan fingerprint density at radius 3 is 3.12 bits per heavy atom. The zero-order valence-corrected chi connectivity index (χ0v) is 10.5. The van der Waals surface area contributed by atoms with Gasteiger partial charge in [0.1, 0.15) is 12.4 Å². The van der Waals surface area contributed by atoms with Gasteiger partial charge in [-0.1, -0.05) is 13.8 Å². The molecule has 94 valence electrons. The fourth-order valence-corrected chi connectivity index (χ4v) is 1.85. The molecular formula is C11H20N6. The van der Waals surface area contributed by atoms with E-state index >= 15 is 0 Å². The van der Waals surface area contributed by atoms with E-state index in [2.05, 4.69) is 38.9 Å². The molecule has 0 saturated carbocycles. The Hall–Kier alpha value is -1.59. The maximum absolute atomic E-state index is 5.77. The minimum Gasteiger partial charge on any atom is -0.370 e. The van der Waals surface area contributed by atoms with Crippen molar-refractivity contribution in [3.63, 3.8) is 0 Å². The molecule has 1 aliphatic heterocycles. The third kappa shape index (κ3) is 2.95. The molecule has 0 radical (unpaired) electrons. The number of aryl methyl sites for hydroxylation is 1. The summed E-state index contributed by atoms with van der Waals surface area (Å²) in [4.78, 5) is 4.28. The number of hydrogen-bond acceptors (Lipinski definition) is 3. The SMILES string of the molecule is CC(C)CNC(N)=NCc1nnc2n1CCC2. The number of guanidine groups is 1. The molecule has 6 nitrogen and oxygen atoms in total. The number of aromatic nitrogens is 3. The van der Waals surface area contributed by atoms with E-state index in [9.17, 15) is 0 Å². The summed E-state index contributed by atoms with van der Waals surface area (Å²) in [6, 6.07) is 0. The van der Waals surface area contributed by atoms with Crippen molar-refractivity contribution in [2.45, 2.75) is 39.8 Å². The fraction of sp³-hybridized carbons (Fsp3) is 0.727. The van der Waals surface area contributed by atoms with E-state index in [1.54, 1.807) is 0 Å². The Labute approximate surface area is 101 Å². The van der Waals surface area contributed by atoms with Gasteiger partial charge in [-0.25, -0.2) is 4.99 Å². The quantitative estimate of drug-likeness (QED) is 0.581. The van der Waals surface area contributed by atoms with Crippen LogP contribution in [0.2, 0.25) is 0 Å². The van der Waals surface area contributed by atoms with Crippen LogP contribution in [0.15, 0.2) is 4.99 Å². The van der Waals surface area contributed by atoms with Gasteiger partial charge in [-0.05, 0) is 12.3 Å². The van der Waals surface area contributed by atoms with E-state index in [0.717, 1.165) is 37.6 Å². The molecule has 2 heterocycles. The molecule has 1 aromatic rings. The Morgan fingerprint density at radius 2 is 2.35 bits per heavy atom. The first-order valence-corrected chi connectivity index (χ1v) is 6.11. The van der Waals surface area contributed by atoms with E-state index in [-0.39, 0.29) is 0 Å². The molecule has 6 heteroatoms. The summed E-state index contributed by atoms with van der Waals surface area (Å²) in [6.45, 7) is 6.61. The third-order valence-corrected chi connectivity index (χ3v) is 2.77. The zero-order chi connectivity index (χ0) is 12.3. The molecule has 0 fully saturated rings. The summed E-state index contributed by atoms with van der Waals surface area (Å²) in [5.41, 5.74) is 5.77. The van der Waals surface area contributed by atoms with E-state index in [1.165, 1.54) is 0 Å². The van der Waals surface area contributed by atoms with E-state index in [0.29, 0.717) is 18.4 Å². The first-order chi connectivity index (χ1) is 8.16. The van der Waals surface area contributed by atoms with Crippen LogP contribution in [0.3, 0.4) is 0 Å². The van der Waals surface area contributed by atoms with Crippen molar-refractivity contribution in [3.05, 3.63) is 11.6 Å². The van der Waals surface area contributed by atoms with Gasteiger partial charge < -0.3 is 15.6 Å². The molecule has 0 saturated heterocycles. The molecule has 0 atom stereocenters. The lowest BCUT2D eigenvalue weighted by Crippen LogP contribution is -2.34. The summed E-state index contributed by atoms with van der Waals surface area (Å²) in [6.07, 6.45) is 2.18. The van der Waals surface area contributed by atoms with Gasteiger partial charge in [-0.2, -0.15) is 0 Å². The highest BCUT2D eigenvalue weighted by atomic mass is 15.3. The van der Waals surface area contributed by atoms with Crippen molar-refractivity contribution in [3.8, 4) is 0 Å². The predicted octanol–water partition coefficient (Wildman–Crippen LogP) is 0.285. The minimum absolute atomic E-state index is 0.481. The molecule has 0 bridgehead atoms. The number of nitrogens with zero attached hydrogens (tertiary/aromatic N) is 4. The van der Waals surface area contributed by atoms with Gasteiger partial charge in [0.25, 0.3) is 0 Å². The highest BCUT2D eigenvalue weighted by molar-refractivity contribution is 5.77. The van der Waals surface area contributed by atoms with Crippen LogP contribution in [0.5, 0.6) is 0 Å². The lowest BCUT2D eigenvalue weighted by molar-refractivity contribution is 0.620. The first-order valence-electron chi connectivity index (χ1n) is 6.11. The van der Waals surface area contributed by atoms with Gasteiger partial charge in [0.2, 0.25) is 0 Å². The maximum Gasteiger partial charge on any atom is 0.189 e. The van der Waals surface area contributed by atoms with Gasteiger partial charge in [0.15, 0.2) is 11.8 Å². The van der Waals surface area contributed by atoms with Crippen molar-refractivity contribution < 1.29 is 0 Å². The summed E-state index contributed by atoms with van der Waals surface area (Å²) in [5, 5.41) is 11.3. The van der Waals surface area contributed by atoms with Crippen LogP contribution in [0.4, 0.5) is 0 Å². The number of aliphatic imine (C=N–C) groups is 1. The van der Waals surface area contributed by atoms with Crippen molar-refractivity contribution >= 4 is 5.96 Å². The minimum atomic E-state index is 0.481. The standard InChI is InChI=1S/C11H20N6/c1-8(2)6-13-11(12)14-7-10-16-15-9-4-3-5-17(9)10/h8H,3-7H2,1-2H3,(H3,12,13,14). The molecule has 1 aromatic heterocycles. The molecule has 1 aliphatic rings. The Bertz CT molecular complexity index is 406. The highest BCUT2D eigenvalue weighted by Crippen LogP contribution is 2.14. The van der Waals surface area contributed by atoms with Crippen molar-refractivity contribution in [1.82, 2.24) is 20.1 Å². The molecule has 0 spiro atoms. The average Bonchev–Trinajstić information content (AvgIpc) is 2.86. The highest BCUT2D eigenvalue weighted by Gasteiger charge is 2.16. The summed E-state index contributed by atoms with van der Waals surface area (Å²) < 4.78 is 2.14. The van der Waals surface area contributed by atoms with Crippen molar-refractivity contribution in [2.75, 3.05) is 6.54 Å². The van der Waals surface area contributed by atoms with Gasteiger partial charge in [0.05, 0.1) is 0 Å².